The van der Waals surface area contributed by atoms with Gasteiger partial charge in [-0.15, -0.1) is 0 Å². The van der Waals surface area contributed by atoms with E-state index in [9.17, 15) is 8.42 Å². The van der Waals surface area contributed by atoms with Crippen molar-refractivity contribution in [3.8, 4) is 0 Å². The van der Waals surface area contributed by atoms with E-state index < -0.39 is 10.0 Å². The Morgan fingerprint density at radius 3 is 2.67 bits per heavy atom. The quantitative estimate of drug-likeness (QED) is 0.888. The number of hydrogen-bond donors (Lipinski definition) is 1. The van der Waals surface area contributed by atoms with Gasteiger partial charge in [0.25, 0.3) is 0 Å². The molecule has 1 rings (SSSR count). The number of aryl methyl sites for hydroxylation is 1. The maximum Gasteiger partial charge on any atom is 0.240 e. The minimum Gasteiger partial charge on any atom is -0.211 e. The third kappa shape index (κ3) is 3.19. The molecule has 0 atom stereocenters. The Balaban J connectivity index is 3.09. The molecular formula is C10H14ClNO2S. The van der Waals surface area contributed by atoms with Crippen LogP contribution in [0.3, 0.4) is 0 Å². The third-order valence-electron chi connectivity index (χ3n) is 1.98. The summed E-state index contributed by atoms with van der Waals surface area (Å²) < 4.78 is 26.1. The lowest BCUT2D eigenvalue weighted by atomic mass is 10.2. The van der Waals surface area contributed by atoms with Crippen molar-refractivity contribution in [3.05, 3.63) is 28.8 Å². The number of benzene rings is 1. The van der Waals surface area contributed by atoms with E-state index >= 15 is 0 Å². The summed E-state index contributed by atoms with van der Waals surface area (Å²) in [5.74, 6) is 0. The van der Waals surface area contributed by atoms with Crippen molar-refractivity contribution in [2.45, 2.75) is 25.2 Å². The van der Waals surface area contributed by atoms with Crippen LogP contribution in [0.2, 0.25) is 5.02 Å². The van der Waals surface area contributed by atoms with Gasteiger partial charge < -0.3 is 0 Å². The Bertz CT molecular complexity index is 443. The second-order valence-electron chi connectivity index (χ2n) is 3.31. The predicted molar refractivity (Wildman–Crippen MR) is 61.7 cm³/mol. The Kier molecular flexibility index (Phi) is 4.13. The highest BCUT2D eigenvalue weighted by Crippen LogP contribution is 2.19. The van der Waals surface area contributed by atoms with Gasteiger partial charge in [0.15, 0.2) is 0 Å². The van der Waals surface area contributed by atoms with Gasteiger partial charge in [-0.3, -0.25) is 0 Å². The highest BCUT2D eigenvalue weighted by molar-refractivity contribution is 7.89. The fourth-order valence-corrected chi connectivity index (χ4v) is 2.82. The lowest BCUT2D eigenvalue weighted by Gasteiger charge is -2.08. The van der Waals surface area contributed by atoms with Crippen LogP contribution >= 0.6 is 11.6 Å². The smallest absolute Gasteiger partial charge is 0.211 e. The molecule has 0 saturated heterocycles. The van der Waals surface area contributed by atoms with Crippen molar-refractivity contribution in [1.29, 1.82) is 0 Å². The molecule has 0 amide bonds. The summed E-state index contributed by atoms with van der Waals surface area (Å²) in [7, 11) is -3.41. The minimum atomic E-state index is -3.41. The van der Waals surface area contributed by atoms with Crippen LogP contribution in [0.1, 0.15) is 18.9 Å². The average molecular weight is 248 g/mol. The van der Waals surface area contributed by atoms with Gasteiger partial charge in [-0.2, -0.15) is 0 Å². The minimum absolute atomic E-state index is 0.253. The standard InChI is InChI=1S/C10H14ClNO2S/c1-3-6-12-15(13,14)10-7-9(11)5-4-8(10)2/h4-5,7,12H,3,6H2,1-2H3. The average Bonchev–Trinajstić information content (AvgIpc) is 2.18. The molecule has 0 saturated carbocycles. The van der Waals surface area contributed by atoms with E-state index in [4.69, 9.17) is 11.6 Å². The van der Waals surface area contributed by atoms with Crippen LogP contribution < -0.4 is 4.72 Å². The molecule has 84 valence electrons. The first-order valence-corrected chi connectivity index (χ1v) is 6.59. The van der Waals surface area contributed by atoms with Crippen molar-refractivity contribution in [3.63, 3.8) is 0 Å². The highest BCUT2D eigenvalue weighted by Gasteiger charge is 2.15. The van der Waals surface area contributed by atoms with Gasteiger partial charge in [0.1, 0.15) is 0 Å². The van der Waals surface area contributed by atoms with Crippen molar-refractivity contribution in [2.24, 2.45) is 0 Å². The first-order valence-electron chi connectivity index (χ1n) is 4.73. The van der Waals surface area contributed by atoms with E-state index in [0.717, 1.165) is 6.42 Å². The second kappa shape index (κ2) is 4.96. The zero-order valence-electron chi connectivity index (χ0n) is 8.75. The summed E-state index contributed by atoms with van der Waals surface area (Å²) >= 11 is 5.76. The van der Waals surface area contributed by atoms with Gasteiger partial charge in [0.2, 0.25) is 10.0 Å². The van der Waals surface area contributed by atoms with Gasteiger partial charge in [-0.1, -0.05) is 24.6 Å². The number of hydrogen-bond acceptors (Lipinski definition) is 2. The van der Waals surface area contributed by atoms with Crippen LogP contribution in [0, 0.1) is 6.92 Å². The van der Waals surface area contributed by atoms with Crippen molar-refractivity contribution < 1.29 is 8.42 Å². The monoisotopic (exact) mass is 247 g/mol. The van der Waals surface area contributed by atoms with Crippen molar-refractivity contribution in [2.75, 3.05) is 6.54 Å². The van der Waals surface area contributed by atoms with Gasteiger partial charge in [-0.05, 0) is 31.0 Å². The van der Waals surface area contributed by atoms with Gasteiger partial charge in [0, 0.05) is 11.6 Å². The molecule has 3 nitrogen and oxygen atoms in total. The molecule has 1 aromatic rings. The van der Waals surface area contributed by atoms with Crippen LogP contribution in [-0.2, 0) is 10.0 Å². The SMILES string of the molecule is CCCNS(=O)(=O)c1cc(Cl)ccc1C. The lowest BCUT2D eigenvalue weighted by molar-refractivity contribution is 0.580. The first-order chi connectivity index (χ1) is 6.97. The molecule has 15 heavy (non-hydrogen) atoms. The normalized spacial score (nSPS) is 11.7. The molecule has 0 fully saturated rings. The van der Waals surface area contributed by atoms with Crippen molar-refractivity contribution >= 4 is 21.6 Å². The summed E-state index contributed by atoms with van der Waals surface area (Å²) in [6.45, 7) is 4.10. The maximum absolute atomic E-state index is 11.8. The summed E-state index contributed by atoms with van der Waals surface area (Å²) in [5, 5.41) is 0.428. The lowest BCUT2D eigenvalue weighted by Crippen LogP contribution is -2.25. The summed E-state index contributed by atoms with van der Waals surface area (Å²) in [4.78, 5) is 0.253. The Morgan fingerprint density at radius 2 is 2.07 bits per heavy atom. The molecule has 0 bridgehead atoms. The number of halogens is 1. The van der Waals surface area contributed by atoms with Gasteiger partial charge >= 0.3 is 0 Å². The Morgan fingerprint density at radius 1 is 1.40 bits per heavy atom. The molecule has 5 heteroatoms. The summed E-state index contributed by atoms with van der Waals surface area (Å²) in [6.07, 6.45) is 0.763. The highest BCUT2D eigenvalue weighted by atomic mass is 35.5. The summed E-state index contributed by atoms with van der Waals surface area (Å²) in [5.41, 5.74) is 0.697. The maximum atomic E-state index is 11.8. The molecule has 0 aliphatic rings. The molecule has 0 aliphatic heterocycles. The second-order valence-corrected chi connectivity index (χ2v) is 5.48. The van der Waals surface area contributed by atoms with E-state index in [1.807, 2.05) is 6.92 Å². The topological polar surface area (TPSA) is 46.2 Å². The zero-order valence-corrected chi connectivity index (χ0v) is 10.3. The molecule has 0 heterocycles. The summed E-state index contributed by atoms with van der Waals surface area (Å²) in [6, 6.07) is 4.84. The largest absolute Gasteiger partial charge is 0.240 e. The zero-order chi connectivity index (χ0) is 11.5. The molecule has 0 aromatic heterocycles. The van der Waals surface area contributed by atoms with Crippen molar-refractivity contribution in [1.82, 2.24) is 4.72 Å². The fourth-order valence-electron chi connectivity index (χ4n) is 1.18. The molecule has 0 aliphatic carbocycles. The Labute approximate surface area is 95.5 Å². The number of sulfonamides is 1. The molecule has 0 radical (unpaired) electrons. The molecule has 0 unspecified atom stereocenters. The number of rotatable bonds is 4. The van der Waals surface area contributed by atoms with Gasteiger partial charge in [-0.25, -0.2) is 13.1 Å². The van der Waals surface area contributed by atoms with E-state index in [-0.39, 0.29) is 4.90 Å². The predicted octanol–water partition coefficient (Wildman–Crippen LogP) is 2.34. The molecule has 1 N–H and O–H groups in total. The third-order valence-corrected chi connectivity index (χ3v) is 3.82. The van der Waals surface area contributed by atoms with Crippen LogP contribution in [0.15, 0.2) is 23.1 Å². The number of nitrogens with one attached hydrogen (secondary N) is 1. The van der Waals surface area contributed by atoms with E-state index in [2.05, 4.69) is 4.72 Å². The van der Waals surface area contributed by atoms with E-state index in [0.29, 0.717) is 17.1 Å². The molecular weight excluding hydrogens is 234 g/mol. The molecule has 0 spiro atoms. The van der Waals surface area contributed by atoms with Gasteiger partial charge in [0.05, 0.1) is 4.90 Å². The first kappa shape index (κ1) is 12.5. The fraction of sp³-hybridized carbons (Fsp3) is 0.400. The van der Waals surface area contributed by atoms with Crippen LogP contribution in [-0.4, -0.2) is 15.0 Å². The Hall–Kier alpha value is -0.580. The van der Waals surface area contributed by atoms with E-state index in [1.165, 1.54) is 6.07 Å². The van der Waals surface area contributed by atoms with Crippen LogP contribution in [0.5, 0.6) is 0 Å². The molecule has 1 aromatic carbocycles. The van der Waals surface area contributed by atoms with Crippen LogP contribution in [0.4, 0.5) is 0 Å². The van der Waals surface area contributed by atoms with Crippen LogP contribution in [0.25, 0.3) is 0 Å². The van der Waals surface area contributed by atoms with E-state index in [1.54, 1.807) is 19.1 Å².